The summed E-state index contributed by atoms with van der Waals surface area (Å²) in [5.74, 6) is 1.79. The van der Waals surface area contributed by atoms with E-state index in [1.54, 1.807) is 0 Å². The first-order chi connectivity index (χ1) is 15.8. The lowest BCUT2D eigenvalue weighted by Gasteiger charge is -2.41. The van der Waals surface area contributed by atoms with Crippen molar-refractivity contribution in [2.45, 2.75) is 38.0 Å². The molecular weight excluding hydrogens is 398 g/mol. The van der Waals surface area contributed by atoms with Crippen molar-refractivity contribution < 1.29 is 0 Å². The maximum Gasteiger partial charge on any atom is 0.225 e. The van der Waals surface area contributed by atoms with Gasteiger partial charge in [-0.1, -0.05) is 36.8 Å². The fourth-order valence-electron chi connectivity index (χ4n) is 4.64. The SMILES string of the molecule is CCNC(=NCC1(c2ccccc2)CCC1)NCCCN1CCN(c2ncccn2)CC1. The van der Waals surface area contributed by atoms with Crippen molar-refractivity contribution >= 4 is 11.9 Å². The van der Waals surface area contributed by atoms with Crippen molar-refractivity contribution in [3.05, 3.63) is 54.4 Å². The Labute approximate surface area is 192 Å². The molecule has 2 heterocycles. The minimum absolute atomic E-state index is 0.228. The number of aliphatic imine (C=N–C) groups is 1. The minimum atomic E-state index is 0.228. The summed E-state index contributed by atoms with van der Waals surface area (Å²) < 4.78 is 0. The van der Waals surface area contributed by atoms with Gasteiger partial charge >= 0.3 is 0 Å². The van der Waals surface area contributed by atoms with Crippen molar-refractivity contribution in [1.82, 2.24) is 25.5 Å². The zero-order valence-electron chi connectivity index (χ0n) is 19.3. The van der Waals surface area contributed by atoms with Gasteiger partial charge in [-0.15, -0.1) is 0 Å². The summed E-state index contributed by atoms with van der Waals surface area (Å²) >= 11 is 0. The highest BCUT2D eigenvalue weighted by molar-refractivity contribution is 5.79. The van der Waals surface area contributed by atoms with Crippen molar-refractivity contribution in [2.75, 3.05) is 57.3 Å². The van der Waals surface area contributed by atoms with Gasteiger partial charge in [0.2, 0.25) is 5.95 Å². The van der Waals surface area contributed by atoms with Crippen LogP contribution in [0.15, 0.2) is 53.8 Å². The number of guanidine groups is 1. The van der Waals surface area contributed by atoms with E-state index in [-0.39, 0.29) is 5.41 Å². The van der Waals surface area contributed by atoms with Gasteiger partial charge in [0.1, 0.15) is 0 Å². The predicted molar refractivity (Wildman–Crippen MR) is 131 cm³/mol. The minimum Gasteiger partial charge on any atom is -0.357 e. The molecule has 4 rings (SSSR count). The number of anilines is 1. The molecule has 0 radical (unpaired) electrons. The highest BCUT2D eigenvalue weighted by Crippen LogP contribution is 2.43. The summed E-state index contributed by atoms with van der Waals surface area (Å²) in [6, 6.07) is 12.8. The summed E-state index contributed by atoms with van der Waals surface area (Å²) in [7, 11) is 0. The first-order valence-electron chi connectivity index (χ1n) is 12.1. The van der Waals surface area contributed by atoms with Crippen molar-refractivity contribution in [3.63, 3.8) is 0 Å². The molecule has 0 spiro atoms. The summed E-state index contributed by atoms with van der Waals surface area (Å²) in [6.07, 6.45) is 8.51. The topological polar surface area (TPSA) is 68.7 Å². The van der Waals surface area contributed by atoms with Crippen LogP contribution in [0, 0.1) is 0 Å². The number of nitrogens with zero attached hydrogens (tertiary/aromatic N) is 5. The molecule has 0 atom stereocenters. The lowest BCUT2D eigenvalue weighted by molar-refractivity contribution is 0.252. The van der Waals surface area contributed by atoms with Crippen LogP contribution in [0.3, 0.4) is 0 Å². The smallest absolute Gasteiger partial charge is 0.225 e. The molecule has 1 saturated heterocycles. The second kappa shape index (κ2) is 11.3. The van der Waals surface area contributed by atoms with Crippen LogP contribution in [0.25, 0.3) is 0 Å². The van der Waals surface area contributed by atoms with Gasteiger partial charge in [0.25, 0.3) is 0 Å². The Balaban J connectivity index is 1.20. The van der Waals surface area contributed by atoms with Gasteiger partial charge in [-0.25, -0.2) is 9.97 Å². The zero-order valence-corrected chi connectivity index (χ0v) is 19.3. The molecule has 2 N–H and O–H groups in total. The third kappa shape index (κ3) is 5.76. The first-order valence-corrected chi connectivity index (χ1v) is 12.1. The van der Waals surface area contributed by atoms with Gasteiger partial charge in [0, 0.05) is 57.1 Å². The summed E-state index contributed by atoms with van der Waals surface area (Å²) in [5.41, 5.74) is 1.66. The molecule has 7 heteroatoms. The second-order valence-electron chi connectivity index (χ2n) is 8.85. The van der Waals surface area contributed by atoms with Gasteiger partial charge in [-0.3, -0.25) is 9.89 Å². The van der Waals surface area contributed by atoms with Crippen molar-refractivity contribution in [3.8, 4) is 0 Å². The van der Waals surface area contributed by atoms with Gasteiger partial charge in [-0.05, 0) is 44.4 Å². The van der Waals surface area contributed by atoms with E-state index in [0.717, 1.165) is 70.7 Å². The van der Waals surface area contributed by atoms with Crippen LogP contribution in [0.2, 0.25) is 0 Å². The van der Waals surface area contributed by atoms with Gasteiger partial charge < -0.3 is 15.5 Å². The molecule has 2 fully saturated rings. The number of piperazine rings is 1. The monoisotopic (exact) mass is 435 g/mol. The molecule has 1 saturated carbocycles. The van der Waals surface area contributed by atoms with E-state index < -0.39 is 0 Å². The fraction of sp³-hybridized carbons (Fsp3) is 0.560. The molecule has 0 amide bonds. The van der Waals surface area contributed by atoms with Crippen LogP contribution < -0.4 is 15.5 Å². The van der Waals surface area contributed by atoms with Crippen LogP contribution in [0.4, 0.5) is 5.95 Å². The van der Waals surface area contributed by atoms with Crippen LogP contribution in [0.1, 0.15) is 38.2 Å². The van der Waals surface area contributed by atoms with E-state index in [4.69, 9.17) is 4.99 Å². The van der Waals surface area contributed by atoms with E-state index in [1.807, 2.05) is 18.5 Å². The fourth-order valence-corrected chi connectivity index (χ4v) is 4.64. The zero-order chi connectivity index (χ0) is 22.1. The normalized spacial score (nSPS) is 18.8. The lowest BCUT2D eigenvalue weighted by Crippen LogP contribution is -2.47. The van der Waals surface area contributed by atoms with Crippen molar-refractivity contribution in [2.24, 2.45) is 4.99 Å². The molecular formula is C25H37N7. The number of aromatic nitrogens is 2. The van der Waals surface area contributed by atoms with E-state index in [1.165, 1.54) is 24.8 Å². The highest BCUT2D eigenvalue weighted by atomic mass is 15.3. The van der Waals surface area contributed by atoms with Crippen LogP contribution in [-0.2, 0) is 5.41 Å². The summed E-state index contributed by atoms with van der Waals surface area (Å²) in [6.45, 7) is 10.0. The van der Waals surface area contributed by atoms with Crippen LogP contribution in [-0.4, -0.2) is 73.2 Å². The van der Waals surface area contributed by atoms with Crippen LogP contribution in [0.5, 0.6) is 0 Å². The third-order valence-electron chi connectivity index (χ3n) is 6.73. The Hall–Kier alpha value is -2.67. The number of benzene rings is 1. The largest absolute Gasteiger partial charge is 0.357 e. The molecule has 1 aromatic carbocycles. The molecule has 2 aliphatic rings. The van der Waals surface area contributed by atoms with Crippen molar-refractivity contribution in [1.29, 1.82) is 0 Å². The number of nitrogens with one attached hydrogen (secondary N) is 2. The second-order valence-corrected chi connectivity index (χ2v) is 8.85. The summed E-state index contributed by atoms with van der Waals surface area (Å²) in [5, 5.41) is 6.97. The molecule has 7 nitrogen and oxygen atoms in total. The average Bonchev–Trinajstić information content (AvgIpc) is 2.82. The van der Waals surface area contributed by atoms with Gasteiger partial charge in [-0.2, -0.15) is 0 Å². The first kappa shape index (κ1) is 22.5. The van der Waals surface area contributed by atoms with E-state index in [2.05, 4.69) is 67.7 Å². The Kier molecular flexibility index (Phi) is 7.93. The maximum absolute atomic E-state index is 4.97. The molecule has 0 unspecified atom stereocenters. The van der Waals surface area contributed by atoms with E-state index >= 15 is 0 Å². The molecule has 1 aromatic heterocycles. The van der Waals surface area contributed by atoms with E-state index in [9.17, 15) is 0 Å². The van der Waals surface area contributed by atoms with Gasteiger partial charge in [0.15, 0.2) is 5.96 Å². The Morgan fingerprint density at radius 3 is 2.41 bits per heavy atom. The highest BCUT2D eigenvalue weighted by Gasteiger charge is 2.38. The standard InChI is InChI=1S/C25H37N7/c1-2-26-23(30-21-25(11-6-12-25)22-9-4-3-5-10-22)27-15-8-16-31-17-19-32(20-18-31)24-28-13-7-14-29-24/h3-5,7,9-10,13-14H,2,6,8,11-12,15-21H2,1H3,(H2,26,27,30). The molecule has 2 aromatic rings. The Morgan fingerprint density at radius 2 is 1.75 bits per heavy atom. The number of rotatable bonds is 9. The summed E-state index contributed by atoms with van der Waals surface area (Å²) in [4.78, 5) is 18.5. The van der Waals surface area contributed by atoms with E-state index in [0.29, 0.717) is 0 Å². The van der Waals surface area contributed by atoms with Crippen LogP contribution >= 0.6 is 0 Å². The average molecular weight is 436 g/mol. The molecule has 172 valence electrons. The number of hydrogen-bond acceptors (Lipinski definition) is 5. The molecule has 32 heavy (non-hydrogen) atoms. The Bertz CT molecular complexity index is 828. The molecule has 1 aliphatic heterocycles. The number of hydrogen-bond donors (Lipinski definition) is 2. The Morgan fingerprint density at radius 1 is 1.00 bits per heavy atom. The predicted octanol–water partition coefficient (Wildman–Crippen LogP) is 2.67. The maximum atomic E-state index is 4.97. The lowest BCUT2D eigenvalue weighted by atomic mass is 9.64. The molecule has 1 aliphatic carbocycles. The quantitative estimate of drug-likeness (QED) is 0.359. The van der Waals surface area contributed by atoms with Gasteiger partial charge in [0.05, 0.1) is 6.54 Å². The third-order valence-corrected chi connectivity index (χ3v) is 6.73. The molecule has 0 bridgehead atoms.